The van der Waals surface area contributed by atoms with Gasteiger partial charge in [-0.1, -0.05) is 6.07 Å². The number of fused-ring (bicyclic) bond motifs is 1. The number of rotatable bonds is 4. The molecular formula is C15H19N3O2. The van der Waals surface area contributed by atoms with E-state index in [2.05, 4.69) is 41.0 Å². The number of hydrogen-bond donors (Lipinski definition) is 1. The van der Waals surface area contributed by atoms with Gasteiger partial charge in [-0.15, -0.1) is 0 Å². The zero-order valence-electron chi connectivity index (χ0n) is 11.8. The number of aromatic nitrogens is 2. The lowest BCUT2D eigenvalue weighted by atomic mass is 10.1. The fraction of sp³-hybridized carbons (Fsp3) is 0.400. The molecule has 0 amide bonds. The Balaban J connectivity index is 1.74. The van der Waals surface area contributed by atoms with Gasteiger partial charge in [0.2, 0.25) is 0 Å². The molecule has 0 saturated heterocycles. The lowest BCUT2D eigenvalue weighted by Crippen LogP contribution is -2.23. The number of hydrogen-bond acceptors (Lipinski definition) is 4. The molecule has 20 heavy (non-hydrogen) atoms. The predicted octanol–water partition coefficient (Wildman–Crippen LogP) is 2.37. The van der Waals surface area contributed by atoms with Gasteiger partial charge in [0.15, 0.2) is 11.5 Å². The lowest BCUT2D eigenvalue weighted by Gasteiger charge is -2.26. The third-order valence-corrected chi connectivity index (χ3v) is 3.66. The molecule has 0 unspecified atom stereocenters. The summed E-state index contributed by atoms with van der Waals surface area (Å²) < 4.78 is 11.2. The molecule has 1 aliphatic rings. The fourth-order valence-corrected chi connectivity index (χ4v) is 2.33. The Morgan fingerprint density at radius 2 is 2.10 bits per heavy atom. The summed E-state index contributed by atoms with van der Waals surface area (Å²) in [4.78, 5) is 9.63. The van der Waals surface area contributed by atoms with Crippen LogP contribution >= 0.6 is 0 Å². The molecule has 1 N–H and O–H groups in total. The Bertz CT molecular complexity index is 569. The van der Waals surface area contributed by atoms with Crippen molar-refractivity contribution in [2.75, 3.05) is 20.3 Å². The van der Waals surface area contributed by atoms with Crippen LogP contribution in [-0.2, 0) is 6.54 Å². The molecule has 5 heteroatoms. The van der Waals surface area contributed by atoms with E-state index in [9.17, 15) is 0 Å². The van der Waals surface area contributed by atoms with Crippen LogP contribution in [0.2, 0.25) is 0 Å². The highest BCUT2D eigenvalue weighted by Gasteiger charge is 2.17. The molecule has 0 fully saturated rings. The van der Waals surface area contributed by atoms with Gasteiger partial charge in [0.05, 0.1) is 6.54 Å². The first-order valence-corrected chi connectivity index (χ1v) is 6.82. The molecule has 1 atom stereocenters. The summed E-state index contributed by atoms with van der Waals surface area (Å²) in [5, 5.41) is 0. The van der Waals surface area contributed by atoms with Crippen molar-refractivity contribution in [1.82, 2.24) is 14.9 Å². The van der Waals surface area contributed by atoms with Gasteiger partial charge in [-0.2, -0.15) is 0 Å². The van der Waals surface area contributed by atoms with E-state index in [1.165, 1.54) is 5.56 Å². The van der Waals surface area contributed by atoms with Crippen molar-refractivity contribution in [2.45, 2.75) is 19.5 Å². The van der Waals surface area contributed by atoms with Crippen molar-refractivity contribution in [2.24, 2.45) is 0 Å². The van der Waals surface area contributed by atoms with Crippen LogP contribution in [0.5, 0.6) is 11.5 Å². The molecule has 2 aromatic rings. The van der Waals surface area contributed by atoms with Crippen LogP contribution in [0.25, 0.3) is 0 Å². The molecule has 1 aromatic heterocycles. The minimum Gasteiger partial charge on any atom is -0.486 e. The van der Waals surface area contributed by atoms with Crippen molar-refractivity contribution < 1.29 is 9.47 Å². The highest BCUT2D eigenvalue weighted by Crippen LogP contribution is 2.33. The quantitative estimate of drug-likeness (QED) is 0.929. The molecule has 5 nitrogen and oxygen atoms in total. The van der Waals surface area contributed by atoms with Crippen LogP contribution in [-0.4, -0.2) is 35.1 Å². The zero-order chi connectivity index (χ0) is 13.9. The number of nitrogens with one attached hydrogen (secondary N) is 1. The lowest BCUT2D eigenvalue weighted by molar-refractivity contribution is 0.170. The van der Waals surface area contributed by atoms with Gasteiger partial charge in [-0.25, -0.2) is 4.98 Å². The van der Waals surface area contributed by atoms with Crippen LogP contribution in [0, 0.1) is 0 Å². The summed E-state index contributed by atoms with van der Waals surface area (Å²) in [6, 6.07) is 6.42. The molecule has 0 bridgehead atoms. The third-order valence-electron chi connectivity index (χ3n) is 3.66. The Morgan fingerprint density at radius 3 is 2.85 bits per heavy atom. The SMILES string of the molecule is C[C@H](c1ccc2c(c1)OCCO2)N(C)Cc1ncc[nH]1. The molecule has 0 spiro atoms. The van der Waals surface area contributed by atoms with Crippen molar-refractivity contribution >= 4 is 0 Å². The monoisotopic (exact) mass is 273 g/mol. The van der Waals surface area contributed by atoms with Crippen LogP contribution in [0.3, 0.4) is 0 Å². The van der Waals surface area contributed by atoms with Gasteiger partial charge in [-0.3, -0.25) is 4.90 Å². The Hall–Kier alpha value is -2.01. The van der Waals surface area contributed by atoms with Crippen LogP contribution in [0.4, 0.5) is 0 Å². The maximum atomic E-state index is 5.64. The van der Waals surface area contributed by atoms with Crippen molar-refractivity contribution in [3.8, 4) is 11.5 Å². The maximum Gasteiger partial charge on any atom is 0.161 e. The predicted molar refractivity (Wildman–Crippen MR) is 75.9 cm³/mol. The van der Waals surface area contributed by atoms with E-state index in [-0.39, 0.29) is 6.04 Å². The second-order valence-electron chi connectivity index (χ2n) is 5.03. The smallest absolute Gasteiger partial charge is 0.161 e. The van der Waals surface area contributed by atoms with Gasteiger partial charge in [0.25, 0.3) is 0 Å². The first-order valence-electron chi connectivity index (χ1n) is 6.82. The largest absolute Gasteiger partial charge is 0.486 e. The van der Waals surface area contributed by atoms with E-state index in [4.69, 9.17) is 9.47 Å². The molecule has 1 aliphatic heterocycles. The van der Waals surface area contributed by atoms with E-state index in [1.807, 2.05) is 12.3 Å². The minimum atomic E-state index is 0.274. The second-order valence-corrected chi connectivity index (χ2v) is 5.03. The number of nitrogens with zero attached hydrogens (tertiary/aromatic N) is 2. The van der Waals surface area contributed by atoms with Crippen LogP contribution in [0.15, 0.2) is 30.6 Å². The molecule has 106 valence electrons. The summed E-state index contributed by atoms with van der Waals surface area (Å²) in [7, 11) is 2.09. The normalized spacial score (nSPS) is 15.3. The van der Waals surface area contributed by atoms with Gasteiger partial charge in [0, 0.05) is 18.4 Å². The Morgan fingerprint density at radius 1 is 1.30 bits per heavy atom. The summed E-state index contributed by atoms with van der Waals surface area (Å²) in [6.45, 7) is 4.20. The highest BCUT2D eigenvalue weighted by molar-refractivity contribution is 5.44. The molecule has 2 heterocycles. The average molecular weight is 273 g/mol. The van der Waals surface area contributed by atoms with Crippen LogP contribution < -0.4 is 9.47 Å². The van der Waals surface area contributed by atoms with Crippen molar-refractivity contribution in [1.29, 1.82) is 0 Å². The van der Waals surface area contributed by atoms with E-state index in [0.717, 1.165) is 23.9 Å². The Kier molecular flexibility index (Phi) is 3.60. The number of H-pyrrole nitrogens is 1. The van der Waals surface area contributed by atoms with Gasteiger partial charge < -0.3 is 14.5 Å². The molecule has 3 rings (SSSR count). The van der Waals surface area contributed by atoms with E-state index in [0.29, 0.717) is 13.2 Å². The van der Waals surface area contributed by atoms with Crippen LogP contribution in [0.1, 0.15) is 24.4 Å². The first kappa shape index (κ1) is 13.0. The first-order chi connectivity index (χ1) is 9.74. The van der Waals surface area contributed by atoms with E-state index < -0.39 is 0 Å². The summed E-state index contributed by atoms with van der Waals surface area (Å²) >= 11 is 0. The molecule has 0 saturated carbocycles. The number of ether oxygens (including phenoxy) is 2. The average Bonchev–Trinajstić information content (AvgIpc) is 2.99. The minimum absolute atomic E-state index is 0.274. The summed E-state index contributed by atoms with van der Waals surface area (Å²) in [6.07, 6.45) is 3.62. The summed E-state index contributed by atoms with van der Waals surface area (Å²) in [5.74, 6) is 2.64. The Labute approximate surface area is 118 Å². The topological polar surface area (TPSA) is 50.4 Å². The molecule has 0 aliphatic carbocycles. The van der Waals surface area contributed by atoms with Gasteiger partial charge in [0.1, 0.15) is 19.0 Å². The second kappa shape index (κ2) is 5.54. The summed E-state index contributed by atoms with van der Waals surface area (Å²) in [5.41, 5.74) is 1.21. The number of benzene rings is 1. The van der Waals surface area contributed by atoms with E-state index >= 15 is 0 Å². The maximum absolute atomic E-state index is 5.64. The molecular weight excluding hydrogens is 254 g/mol. The molecule has 1 aromatic carbocycles. The van der Waals surface area contributed by atoms with Crippen molar-refractivity contribution in [3.63, 3.8) is 0 Å². The van der Waals surface area contributed by atoms with Gasteiger partial charge >= 0.3 is 0 Å². The third kappa shape index (κ3) is 2.63. The zero-order valence-corrected chi connectivity index (χ0v) is 11.8. The highest BCUT2D eigenvalue weighted by atomic mass is 16.6. The number of aromatic amines is 1. The fourth-order valence-electron chi connectivity index (χ4n) is 2.33. The standard InChI is InChI=1S/C15H19N3O2/c1-11(18(2)10-15-16-5-6-17-15)12-3-4-13-14(9-12)20-8-7-19-13/h3-6,9,11H,7-8,10H2,1-2H3,(H,16,17)/t11-/m1/s1. The van der Waals surface area contributed by atoms with Crippen molar-refractivity contribution in [3.05, 3.63) is 42.0 Å². The molecule has 0 radical (unpaired) electrons. The number of imidazole rings is 1. The van der Waals surface area contributed by atoms with E-state index in [1.54, 1.807) is 6.20 Å². The van der Waals surface area contributed by atoms with Gasteiger partial charge in [-0.05, 0) is 31.7 Å².